The van der Waals surface area contributed by atoms with Gasteiger partial charge in [-0.05, 0) is 30.8 Å². The van der Waals surface area contributed by atoms with E-state index >= 15 is 0 Å². The highest BCUT2D eigenvalue weighted by atomic mass is 32.2. The minimum Gasteiger partial charge on any atom is -0.461 e. The quantitative estimate of drug-likeness (QED) is 0.646. The smallest absolute Gasteiger partial charge is 0.354 e. The van der Waals surface area contributed by atoms with E-state index in [4.69, 9.17) is 4.74 Å². The summed E-state index contributed by atoms with van der Waals surface area (Å²) < 4.78 is 6.83. The molecule has 5 nitrogen and oxygen atoms in total. The first-order valence-corrected chi connectivity index (χ1v) is 7.42. The van der Waals surface area contributed by atoms with Gasteiger partial charge in [0.1, 0.15) is 5.69 Å². The van der Waals surface area contributed by atoms with Gasteiger partial charge in [-0.1, -0.05) is 12.1 Å². The Morgan fingerprint density at radius 2 is 2.05 bits per heavy atom. The third-order valence-electron chi connectivity index (χ3n) is 3.07. The predicted molar refractivity (Wildman–Crippen MR) is 83.8 cm³/mol. The van der Waals surface area contributed by atoms with Crippen molar-refractivity contribution in [1.82, 2.24) is 9.47 Å². The van der Waals surface area contributed by atoms with E-state index in [1.807, 2.05) is 18.2 Å². The van der Waals surface area contributed by atoms with Gasteiger partial charge in [-0.25, -0.2) is 4.79 Å². The molecule has 0 fully saturated rings. The van der Waals surface area contributed by atoms with Crippen molar-refractivity contribution in [2.24, 2.45) is 7.05 Å². The second-order valence-electron chi connectivity index (χ2n) is 4.77. The van der Waals surface area contributed by atoms with Crippen LogP contribution in [-0.4, -0.2) is 41.4 Å². The highest BCUT2D eigenvalue weighted by molar-refractivity contribution is 8.13. The maximum Gasteiger partial charge on any atom is 0.354 e. The molecule has 0 saturated heterocycles. The number of carbonyl (C=O) groups excluding carboxylic acids is 2. The van der Waals surface area contributed by atoms with E-state index in [1.54, 1.807) is 38.7 Å². The van der Waals surface area contributed by atoms with E-state index in [0.717, 1.165) is 27.6 Å². The first-order chi connectivity index (χ1) is 9.95. The number of hydrogen-bond acceptors (Lipinski definition) is 4. The van der Waals surface area contributed by atoms with Crippen molar-refractivity contribution in [3.8, 4) is 0 Å². The number of thioether (sulfide) groups is 1. The van der Waals surface area contributed by atoms with Gasteiger partial charge < -0.3 is 14.2 Å². The van der Waals surface area contributed by atoms with Crippen molar-refractivity contribution in [2.45, 2.75) is 11.8 Å². The van der Waals surface area contributed by atoms with Crippen molar-refractivity contribution in [1.29, 1.82) is 0 Å². The van der Waals surface area contributed by atoms with Crippen molar-refractivity contribution < 1.29 is 14.3 Å². The first kappa shape index (κ1) is 15.4. The highest BCUT2D eigenvalue weighted by Gasteiger charge is 2.18. The Balaban J connectivity index is 2.49. The molecular formula is C15H18N2O3S. The van der Waals surface area contributed by atoms with Gasteiger partial charge in [-0.2, -0.15) is 0 Å². The van der Waals surface area contributed by atoms with E-state index in [-0.39, 0.29) is 11.2 Å². The zero-order chi connectivity index (χ0) is 15.6. The molecule has 0 saturated carbocycles. The topological polar surface area (TPSA) is 51.5 Å². The summed E-state index contributed by atoms with van der Waals surface area (Å²) in [6.45, 7) is 2.11. The highest BCUT2D eigenvalue weighted by Crippen LogP contribution is 2.31. The van der Waals surface area contributed by atoms with Crippen LogP contribution in [-0.2, 0) is 11.8 Å². The number of esters is 1. The number of amides is 1. The van der Waals surface area contributed by atoms with Gasteiger partial charge in [0.25, 0.3) is 5.24 Å². The molecule has 0 unspecified atom stereocenters. The van der Waals surface area contributed by atoms with Crippen LogP contribution >= 0.6 is 11.8 Å². The van der Waals surface area contributed by atoms with Crippen LogP contribution in [0.25, 0.3) is 10.9 Å². The number of aromatic nitrogens is 1. The average molecular weight is 306 g/mol. The minimum atomic E-state index is -0.355. The molecule has 0 aliphatic heterocycles. The monoisotopic (exact) mass is 306 g/mol. The van der Waals surface area contributed by atoms with E-state index in [0.29, 0.717) is 12.3 Å². The fourth-order valence-electron chi connectivity index (χ4n) is 2.05. The van der Waals surface area contributed by atoms with Crippen molar-refractivity contribution in [3.05, 3.63) is 30.0 Å². The number of para-hydroxylation sites is 1. The Labute approximate surface area is 127 Å². The molecule has 1 aromatic carbocycles. The van der Waals surface area contributed by atoms with Gasteiger partial charge in [-0.3, -0.25) is 4.79 Å². The molecule has 112 valence electrons. The Morgan fingerprint density at radius 1 is 1.33 bits per heavy atom. The number of rotatable bonds is 3. The van der Waals surface area contributed by atoms with Crippen LogP contribution in [0.15, 0.2) is 29.2 Å². The van der Waals surface area contributed by atoms with E-state index in [2.05, 4.69) is 0 Å². The minimum absolute atomic E-state index is 0.0543. The molecule has 21 heavy (non-hydrogen) atoms. The fourth-order valence-corrected chi connectivity index (χ4v) is 2.92. The Kier molecular flexibility index (Phi) is 4.57. The number of benzene rings is 1. The molecule has 0 spiro atoms. The van der Waals surface area contributed by atoms with Crippen molar-refractivity contribution in [3.63, 3.8) is 0 Å². The van der Waals surface area contributed by atoms with Gasteiger partial charge in [0.05, 0.1) is 12.1 Å². The van der Waals surface area contributed by atoms with Crippen molar-refractivity contribution in [2.75, 3.05) is 20.7 Å². The largest absolute Gasteiger partial charge is 0.461 e. The number of hydrogen-bond donors (Lipinski definition) is 0. The summed E-state index contributed by atoms with van der Waals surface area (Å²) in [7, 11) is 5.23. The lowest BCUT2D eigenvalue weighted by atomic mass is 10.2. The number of aryl methyl sites for hydroxylation is 1. The fraction of sp³-hybridized carbons (Fsp3) is 0.333. The number of fused-ring (bicyclic) bond motifs is 1. The van der Waals surface area contributed by atoms with Crippen LogP contribution in [0.4, 0.5) is 4.79 Å². The van der Waals surface area contributed by atoms with Gasteiger partial charge in [0.2, 0.25) is 0 Å². The van der Waals surface area contributed by atoms with Gasteiger partial charge in [-0.15, -0.1) is 0 Å². The van der Waals surface area contributed by atoms with Crippen LogP contribution in [0.3, 0.4) is 0 Å². The SMILES string of the molecule is CCOC(=O)c1cc2cccc(SC(=O)N(C)C)c2n1C. The lowest BCUT2D eigenvalue weighted by Crippen LogP contribution is -2.16. The maximum absolute atomic E-state index is 12.0. The predicted octanol–water partition coefficient (Wildman–Crippen LogP) is 3.13. The Morgan fingerprint density at radius 3 is 2.67 bits per heavy atom. The summed E-state index contributed by atoms with van der Waals surface area (Å²) in [5, 5.41) is 0.860. The molecule has 6 heteroatoms. The third-order valence-corrected chi connectivity index (χ3v) is 4.16. The lowest BCUT2D eigenvalue weighted by molar-refractivity contribution is 0.0516. The van der Waals surface area contributed by atoms with E-state index in [1.165, 1.54) is 4.90 Å². The third kappa shape index (κ3) is 3.05. The molecule has 0 aliphatic rings. The number of carbonyl (C=O) groups is 2. The second kappa shape index (κ2) is 6.22. The van der Waals surface area contributed by atoms with Gasteiger partial charge in [0.15, 0.2) is 0 Å². The van der Waals surface area contributed by atoms with Crippen LogP contribution in [0.5, 0.6) is 0 Å². The average Bonchev–Trinajstić information content (AvgIpc) is 2.77. The molecule has 1 heterocycles. The summed E-state index contributed by atoms with van der Waals surface area (Å²) in [6.07, 6.45) is 0. The molecule has 0 N–H and O–H groups in total. The molecule has 0 radical (unpaired) electrons. The standard InChI is InChI=1S/C15H18N2O3S/c1-5-20-14(18)11-9-10-7-6-8-12(13(10)17(11)4)21-15(19)16(2)3/h6-9H,5H2,1-4H3. The molecular weight excluding hydrogens is 288 g/mol. The van der Waals surface area contributed by atoms with Gasteiger partial charge in [0, 0.05) is 31.4 Å². The molecule has 0 atom stereocenters. The van der Waals surface area contributed by atoms with Crippen molar-refractivity contribution >= 4 is 33.9 Å². The summed E-state index contributed by atoms with van der Waals surface area (Å²) >= 11 is 1.15. The van der Waals surface area contributed by atoms with E-state index < -0.39 is 0 Å². The molecule has 2 rings (SSSR count). The number of nitrogens with zero attached hydrogens (tertiary/aromatic N) is 2. The van der Waals surface area contributed by atoms with Crippen LogP contribution in [0.2, 0.25) is 0 Å². The Hall–Kier alpha value is -1.95. The van der Waals surface area contributed by atoms with Gasteiger partial charge >= 0.3 is 5.97 Å². The second-order valence-corrected chi connectivity index (χ2v) is 5.76. The Bertz CT molecular complexity index is 692. The van der Waals surface area contributed by atoms with Crippen LogP contribution in [0, 0.1) is 0 Å². The molecule has 0 aliphatic carbocycles. The normalized spacial score (nSPS) is 10.7. The van der Waals surface area contributed by atoms with E-state index in [9.17, 15) is 9.59 Å². The summed E-state index contributed by atoms with van der Waals surface area (Å²) in [4.78, 5) is 26.2. The molecule has 2 aromatic rings. The summed E-state index contributed by atoms with van der Waals surface area (Å²) in [6, 6.07) is 7.46. The zero-order valence-electron chi connectivity index (χ0n) is 12.5. The summed E-state index contributed by atoms with van der Waals surface area (Å²) in [5.41, 5.74) is 1.35. The molecule has 1 amide bonds. The summed E-state index contributed by atoms with van der Waals surface area (Å²) in [5.74, 6) is -0.355. The molecule has 0 bridgehead atoms. The zero-order valence-corrected chi connectivity index (χ0v) is 13.4. The van der Waals surface area contributed by atoms with Crippen LogP contribution in [0.1, 0.15) is 17.4 Å². The number of ether oxygens (including phenoxy) is 1. The van der Waals surface area contributed by atoms with Crippen LogP contribution < -0.4 is 0 Å². The first-order valence-electron chi connectivity index (χ1n) is 6.60. The maximum atomic E-state index is 12.0. The molecule has 1 aromatic heterocycles. The lowest BCUT2D eigenvalue weighted by Gasteiger charge is -2.11.